The van der Waals surface area contributed by atoms with Crippen molar-refractivity contribution in [2.24, 2.45) is 5.73 Å². The average molecular weight is 351 g/mol. The van der Waals surface area contributed by atoms with E-state index in [1.54, 1.807) is 0 Å². The summed E-state index contributed by atoms with van der Waals surface area (Å²) in [6.45, 7) is 12.7. The molecule has 2 nitrogen and oxygen atoms in total. The zero-order valence-electron chi connectivity index (χ0n) is 17.1. The van der Waals surface area contributed by atoms with Gasteiger partial charge in [0.05, 0.1) is 5.66 Å². The van der Waals surface area contributed by atoms with Crippen LogP contribution < -0.4 is 11.1 Å². The third-order valence-corrected chi connectivity index (χ3v) is 5.75. The molecule has 0 radical (unpaired) electrons. The van der Waals surface area contributed by atoms with Crippen molar-refractivity contribution in [1.82, 2.24) is 5.32 Å². The monoisotopic (exact) mass is 350 g/mol. The van der Waals surface area contributed by atoms with Crippen LogP contribution in [0.15, 0.2) is 53.3 Å². The Kier molecular flexibility index (Phi) is 6.83. The summed E-state index contributed by atoms with van der Waals surface area (Å²) < 4.78 is 0. The van der Waals surface area contributed by atoms with Gasteiger partial charge in [0.1, 0.15) is 0 Å². The number of allylic oxidation sites excluding steroid dienone is 5. The number of benzene rings is 1. The molecule has 1 aliphatic carbocycles. The molecule has 1 aromatic rings. The molecule has 0 bridgehead atoms. The molecule has 0 amide bonds. The van der Waals surface area contributed by atoms with Gasteiger partial charge in [-0.3, -0.25) is 0 Å². The Morgan fingerprint density at radius 2 is 2.00 bits per heavy atom. The van der Waals surface area contributed by atoms with Gasteiger partial charge in [0, 0.05) is 5.57 Å². The lowest BCUT2D eigenvalue weighted by Crippen LogP contribution is -2.51. The van der Waals surface area contributed by atoms with Crippen LogP contribution in [0, 0.1) is 13.8 Å². The van der Waals surface area contributed by atoms with E-state index in [1.165, 1.54) is 33.4 Å². The van der Waals surface area contributed by atoms with Gasteiger partial charge in [0.2, 0.25) is 0 Å². The van der Waals surface area contributed by atoms with E-state index in [-0.39, 0.29) is 5.66 Å². The van der Waals surface area contributed by atoms with Crippen LogP contribution in [0.3, 0.4) is 0 Å². The SMILES string of the molecule is C=C=C(C1=C(C)CCC(CCC(N)(CC)NC)=C1)c1ccc(C)cc1C. The molecule has 1 aromatic carbocycles. The smallest absolute Gasteiger partial charge is 0.0659 e. The standard InChI is InChI=1S/C24H34N2/c1-7-21(22-12-9-17(3)15-19(22)5)23-16-20(11-10-18(23)4)13-14-24(25,8-2)26-6/h9,12,15-16,26H,1,8,10-11,13-14,25H2,2-6H3. The average Bonchev–Trinajstić information content (AvgIpc) is 2.64. The highest BCUT2D eigenvalue weighted by Crippen LogP contribution is 2.36. The number of hydrogen-bond donors (Lipinski definition) is 2. The summed E-state index contributed by atoms with van der Waals surface area (Å²) >= 11 is 0. The van der Waals surface area contributed by atoms with Crippen LogP contribution in [0.2, 0.25) is 0 Å². The van der Waals surface area contributed by atoms with Crippen LogP contribution in [0.25, 0.3) is 5.57 Å². The van der Waals surface area contributed by atoms with E-state index in [9.17, 15) is 0 Å². The second-order valence-electron chi connectivity index (χ2n) is 7.63. The molecule has 0 fully saturated rings. The van der Waals surface area contributed by atoms with Crippen molar-refractivity contribution in [2.75, 3.05) is 7.05 Å². The summed E-state index contributed by atoms with van der Waals surface area (Å²) in [4.78, 5) is 0. The molecule has 0 spiro atoms. The van der Waals surface area contributed by atoms with Crippen LogP contribution in [-0.4, -0.2) is 12.7 Å². The van der Waals surface area contributed by atoms with Crippen molar-refractivity contribution >= 4 is 5.57 Å². The van der Waals surface area contributed by atoms with Crippen LogP contribution in [-0.2, 0) is 0 Å². The van der Waals surface area contributed by atoms with Crippen molar-refractivity contribution in [1.29, 1.82) is 0 Å². The van der Waals surface area contributed by atoms with Gasteiger partial charge in [0.25, 0.3) is 0 Å². The van der Waals surface area contributed by atoms with Crippen molar-refractivity contribution in [3.8, 4) is 0 Å². The number of rotatable bonds is 7. The Balaban J connectivity index is 2.31. The quantitative estimate of drug-likeness (QED) is 0.498. The van der Waals surface area contributed by atoms with Gasteiger partial charge in [0.15, 0.2) is 0 Å². The van der Waals surface area contributed by atoms with E-state index in [2.05, 4.69) is 69.6 Å². The first-order chi connectivity index (χ1) is 12.3. The predicted octanol–water partition coefficient (Wildman–Crippen LogP) is 5.57. The zero-order chi connectivity index (χ0) is 19.3. The molecule has 26 heavy (non-hydrogen) atoms. The summed E-state index contributed by atoms with van der Waals surface area (Å²) in [5.74, 6) is 0. The third kappa shape index (κ3) is 4.65. The Bertz CT molecular complexity index is 769. The van der Waals surface area contributed by atoms with Crippen LogP contribution in [0.5, 0.6) is 0 Å². The first-order valence-electron chi connectivity index (χ1n) is 9.68. The summed E-state index contributed by atoms with van der Waals surface area (Å²) in [6.07, 6.45) is 7.49. The Morgan fingerprint density at radius 1 is 1.27 bits per heavy atom. The molecule has 0 heterocycles. The second kappa shape index (κ2) is 8.68. The Labute approximate surface area is 159 Å². The fourth-order valence-electron chi connectivity index (χ4n) is 3.66. The lowest BCUT2D eigenvalue weighted by Gasteiger charge is -2.29. The fourth-order valence-corrected chi connectivity index (χ4v) is 3.66. The topological polar surface area (TPSA) is 38.0 Å². The highest BCUT2D eigenvalue weighted by Gasteiger charge is 2.22. The van der Waals surface area contributed by atoms with E-state index in [0.717, 1.165) is 37.7 Å². The van der Waals surface area contributed by atoms with Gasteiger partial charge in [-0.2, -0.15) is 0 Å². The highest BCUT2D eigenvalue weighted by molar-refractivity contribution is 5.84. The normalized spacial score (nSPS) is 16.8. The summed E-state index contributed by atoms with van der Waals surface area (Å²) in [5, 5.41) is 3.27. The van der Waals surface area contributed by atoms with Crippen LogP contribution in [0.4, 0.5) is 0 Å². The first-order valence-corrected chi connectivity index (χ1v) is 9.68. The van der Waals surface area contributed by atoms with Crippen LogP contribution in [0.1, 0.15) is 62.6 Å². The molecule has 140 valence electrons. The van der Waals surface area contributed by atoms with E-state index >= 15 is 0 Å². The molecule has 1 aliphatic rings. The van der Waals surface area contributed by atoms with E-state index in [4.69, 9.17) is 5.73 Å². The maximum atomic E-state index is 6.41. The maximum Gasteiger partial charge on any atom is 0.0659 e. The minimum absolute atomic E-state index is 0.276. The Hall–Kier alpha value is -1.86. The van der Waals surface area contributed by atoms with Crippen molar-refractivity contribution in [3.63, 3.8) is 0 Å². The number of hydrogen-bond acceptors (Lipinski definition) is 2. The van der Waals surface area contributed by atoms with Gasteiger partial charge in [-0.25, -0.2) is 0 Å². The maximum absolute atomic E-state index is 6.41. The van der Waals surface area contributed by atoms with Gasteiger partial charge < -0.3 is 11.1 Å². The van der Waals surface area contributed by atoms with Crippen molar-refractivity contribution < 1.29 is 0 Å². The van der Waals surface area contributed by atoms with Gasteiger partial charge in [-0.05, 0) is 76.6 Å². The summed E-state index contributed by atoms with van der Waals surface area (Å²) in [7, 11) is 1.95. The molecular weight excluding hydrogens is 316 g/mol. The molecule has 0 saturated carbocycles. The number of nitrogens with two attached hydrogens (primary N) is 1. The molecular formula is C24H34N2. The van der Waals surface area contributed by atoms with E-state index in [1.807, 2.05) is 7.05 Å². The molecule has 3 N–H and O–H groups in total. The third-order valence-electron chi connectivity index (χ3n) is 5.75. The van der Waals surface area contributed by atoms with Crippen molar-refractivity contribution in [2.45, 2.75) is 65.5 Å². The van der Waals surface area contributed by atoms with Crippen molar-refractivity contribution in [3.05, 3.63) is 70.0 Å². The molecule has 1 unspecified atom stereocenters. The Morgan fingerprint density at radius 3 is 2.58 bits per heavy atom. The van der Waals surface area contributed by atoms with E-state index < -0.39 is 0 Å². The number of aryl methyl sites for hydroxylation is 2. The van der Waals surface area contributed by atoms with Gasteiger partial charge in [-0.15, -0.1) is 5.73 Å². The molecule has 0 aliphatic heterocycles. The fraction of sp³-hybridized carbons (Fsp3) is 0.458. The lowest BCUT2D eigenvalue weighted by molar-refractivity contribution is 0.323. The molecule has 1 atom stereocenters. The minimum atomic E-state index is -0.276. The first kappa shape index (κ1) is 20.5. The zero-order valence-corrected chi connectivity index (χ0v) is 17.1. The number of nitrogens with one attached hydrogen (secondary N) is 1. The van der Waals surface area contributed by atoms with Gasteiger partial charge >= 0.3 is 0 Å². The second-order valence-corrected chi connectivity index (χ2v) is 7.63. The molecule has 0 aromatic heterocycles. The molecule has 2 rings (SSSR count). The van der Waals surface area contributed by atoms with Crippen LogP contribution >= 0.6 is 0 Å². The minimum Gasteiger partial charge on any atom is -0.313 e. The van der Waals surface area contributed by atoms with E-state index in [0.29, 0.717) is 0 Å². The highest BCUT2D eigenvalue weighted by atomic mass is 15.1. The molecule has 0 saturated heterocycles. The lowest BCUT2D eigenvalue weighted by atomic mass is 9.83. The summed E-state index contributed by atoms with van der Waals surface area (Å²) in [6, 6.07) is 6.59. The van der Waals surface area contributed by atoms with Gasteiger partial charge in [-0.1, -0.05) is 54.5 Å². The summed E-state index contributed by atoms with van der Waals surface area (Å²) in [5.41, 5.74) is 18.5. The predicted molar refractivity (Wildman–Crippen MR) is 114 cm³/mol. The molecule has 2 heteroatoms. The largest absolute Gasteiger partial charge is 0.313 e.